The van der Waals surface area contributed by atoms with Crippen LogP contribution in [0.5, 0.6) is 0 Å². The van der Waals surface area contributed by atoms with E-state index in [1.807, 2.05) is 6.08 Å². The van der Waals surface area contributed by atoms with E-state index in [0.29, 0.717) is 6.42 Å². The Morgan fingerprint density at radius 1 is 0.667 bits per heavy atom. The second-order valence-electron chi connectivity index (χ2n) is 5.69. The number of carbonyl (C=O) groups is 1. The van der Waals surface area contributed by atoms with E-state index >= 15 is 0 Å². The molecule has 2 heteroatoms. The summed E-state index contributed by atoms with van der Waals surface area (Å²) in [6.45, 7) is 2.24. The highest BCUT2D eigenvalue weighted by Crippen LogP contribution is 2.01. The highest BCUT2D eigenvalue weighted by atomic mass is 35.5. The Labute approximate surface area is 153 Å². The van der Waals surface area contributed by atoms with Crippen LogP contribution in [0.4, 0.5) is 0 Å². The van der Waals surface area contributed by atoms with Gasteiger partial charge in [-0.3, -0.25) is 4.79 Å². The van der Waals surface area contributed by atoms with Gasteiger partial charge in [0, 0.05) is 6.42 Å². The first kappa shape index (κ1) is 22.7. The summed E-state index contributed by atoms with van der Waals surface area (Å²) in [6, 6.07) is 0. The van der Waals surface area contributed by atoms with Gasteiger partial charge >= 0.3 is 0 Å². The fourth-order valence-corrected chi connectivity index (χ4v) is 2.14. The third-order valence-electron chi connectivity index (χ3n) is 3.40. The summed E-state index contributed by atoms with van der Waals surface area (Å²) in [5.41, 5.74) is 0. The van der Waals surface area contributed by atoms with E-state index < -0.39 is 0 Å². The van der Waals surface area contributed by atoms with Crippen molar-refractivity contribution < 1.29 is 4.79 Å². The van der Waals surface area contributed by atoms with Crippen LogP contribution in [0.1, 0.15) is 71.1 Å². The van der Waals surface area contributed by atoms with Crippen LogP contribution in [0.15, 0.2) is 60.8 Å². The highest BCUT2D eigenvalue weighted by Gasteiger charge is 1.90. The summed E-state index contributed by atoms with van der Waals surface area (Å²) in [4.78, 5) is 10.5. The number of hydrogen-bond donors (Lipinski definition) is 0. The molecule has 0 aliphatic rings. The van der Waals surface area contributed by atoms with Crippen LogP contribution >= 0.6 is 11.6 Å². The Balaban J connectivity index is 3.46. The van der Waals surface area contributed by atoms with Crippen molar-refractivity contribution in [1.82, 2.24) is 0 Å². The van der Waals surface area contributed by atoms with E-state index in [4.69, 9.17) is 11.6 Å². The first-order chi connectivity index (χ1) is 11.8. The molecule has 0 saturated carbocycles. The summed E-state index contributed by atoms with van der Waals surface area (Å²) in [5, 5.41) is -0.266. The Kier molecular flexibility index (Phi) is 18.6. The lowest BCUT2D eigenvalue weighted by atomic mass is 10.2. The molecule has 0 N–H and O–H groups in total. The van der Waals surface area contributed by atoms with Crippen molar-refractivity contribution in [1.29, 1.82) is 0 Å². The normalized spacial score (nSPS) is 12.8. The first-order valence-electron chi connectivity index (χ1n) is 9.20. The molecule has 0 amide bonds. The van der Waals surface area contributed by atoms with E-state index in [-0.39, 0.29) is 5.24 Å². The molecular formula is C22H33ClO. The number of halogens is 1. The molecule has 24 heavy (non-hydrogen) atoms. The van der Waals surface area contributed by atoms with E-state index in [0.717, 1.165) is 32.1 Å². The van der Waals surface area contributed by atoms with Crippen LogP contribution in [0.2, 0.25) is 0 Å². The lowest BCUT2D eigenvalue weighted by Gasteiger charge is -1.90. The van der Waals surface area contributed by atoms with Crippen LogP contribution in [0.3, 0.4) is 0 Å². The second kappa shape index (κ2) is 19.7. The number of unbranched alkanes of at least 4 members (excludes halogenated alkanes) is 3. The van der Waals surface area contributed by atoms with Crippen LogP contribution in [0, 0.1) is 0 Å². The van der Waals surface area contributed by atoms with Crippen LogP contribution in [-0.4, -0.2) is 5.24 Å². The molecule has 0 aliphatic carbocycles. The van der Waals surface area contributed by atoms with Gasteiger partial charge in [-0.1, -0.05) is 80.5 Å². The zero-order valence-corrected chi connectivity index (χ0v) is 15.9. The fourth-order valence-electron chi connectivity index (χ4n) is 2.03. The van der Waals surface area contributed by atoms with Crippen molar-refractivity contribution in [3.8, 4) is 0 Å². The van der Waals surface area contributed by atoms with Crippen LogP contribution in [0.25, 0.3) is 0 Å². The molecule has 0 aromatic rings. The summed E-state index contributed by atoms with van der Waals surface area (Å²) >= 11 is 5.26. The quantitative estimate of drug-likeness (QED) is 0.170. The van der Waals surface area contributed by atoms with Gasteiger partial charge in [0.15, 0.2) is 0 Å². The third-order valence-corrected chi connectivity index (χ3v) is 3.59. The molecule has 0 aromatic carbocycles. The monoisotopic (exact) mass is 348 g/mol. The lowest BCUT2D eigenvalue weighted by Crippen LogP contribution is -1.81. The molecule has 0 rings (SSSR count). The zero-order chi connectivity index (χ0) is 17.7. The van der Waals surface area contributed by atoms with Gasteiger partial charge < -0.3 is 0 Å². The van der Waals surface area contributed by atoms with E-state index in [9.17, 15) is 4.79 Å². The molecule has 0 aromatic heterocycles. The molecule has 1 nitrogen and oxygen atoms in total. The highest BCUT2D eigenvalue weighted by molar-refractivity contribution is 6.63. The van der Waals surface area contributed by atoms with E-state index in [1.54, 1.807) is 0 Å². The van der Waals surface area contributed by atoms with Gasteiger partial charge in [0.05, 0.1) is 0 Å². The van der Waals surface area contributed by atoms with Gasteiger partial charge in [0.2, 0.25) is 5.24 Å². The number of allylic oxidation sites excluding steroid dienone is 10. The maximum atomic E-state index is 10.5. The van der Waals surface area contributed by atoms with Crippen molar-refractivity contribution in [3.05, 3.63) is 60.8 Å². The van der Waals surface area contributed by atoms with Gasteiger partial charge in [-0.2, -0.15) is 0 Å². The average Bonchev–Trinajstić information content (AvgIpc) is 2.56. The van der Waals surface area contributed by atoms with Crippen molar-refractivity contribution in [2.24, 2.45) is 0 Å². The molecule has 0 aliphatic heterocycles. The number of rotatable bonds is 15. The molecule has 0 radical (unpaired) electrons. The SMILES string of the molecule is CCCCC/C=C\C/C=C\C/C=C\C/C=C\C/C=C\CCC(=O)Cl. The maximum Gasteiger partial charge on any atom is 0.221 e. The predicted octanol–water partition coefficient (Wildman–Crippen LogP) is 7.45. The predicted molar refractivity (Wildman–Crippen MR) is 108 cm³/mol. The Bertz CT molecular complexity index is 427. The van der Waals surface area contributed by atoms with Crippen LogP contribution in [-0.2, 0) is 4.79 Å². The summed E-state index contributed by atoms with van der Waals surface area (Å²) in [5.74, 6) is 0. The summed E-state index contributed by atoms with van der Waals surface area (Å²) in [7, 11) is 0. The molecule has 0 bridgehead atoms. The largest absolute Gasteiger partial charge is 0.281 e. The number of carbonyl (C=O) groups excluding carboxylic acids is 1. The van der Waals surface area contributed by atoms with Crippen molar-refractivity contribution in [3.63, 3.8) is 0 Å². The second-order valence-corrected chi connectivity index (χ2v) is 6.11. The molecule has 134 valence electrons. The van der Waals surface area contributed by atoms with Crippen molar-refractivity contribution in [2.75, 3.05) is 0 Å². The Morgan fingerprint density at radius 2 is 1.08 bits per heavy atom. The van der Waals surface area contributed by atoms with Gasteiger partial charge in [-0.15, -0.1) is 0 Å². The van der Waals surface area contributed by atoms with E-state index in [1.165, 1.54) is 25.7 Å². The molecular weight excluding hydrogens is 316 g/mol. The minimum absolute atomic E-state index is 0.266. The van der Waals surface area contributed by atoms with E-state index in [2.05, 4.69) is 61.6 Å². The minimum Gasteiger partial charge on any atom is -0.281 e. The van der Waals surface area contributed by atoms with Crippen molar-refractivity contribution >= 4 is 16.8 Å². The summed E-state index contributed by atoms with van der Waals surface area (Å²) < 4.78 is 0. The minimum atomic E-state index is -0.266. The molecule has 0 spiro atoms. The molecule has 0 saturated heterocycles. The zero-order valence-electron chi connectivity index (χ0n) is 15.1. The Morgan fingerprint density at radius 3 is 1.50 bits per heavy atom. The Hall–Kier alpha value is -1.34. The molecule has 0 fully saturated rings. The van der Waals surface area contributed by atoms with Gasteiger partial charge in [-0.05, 0) is 56.5 Å². The fraction of sp³-hybridized carbons (Fsp3) is 0.500. The smallest absolute Gasteiger partial charge is 0.221 e. The topological polar surface area (TPSA) is 17.1 Å². The number of hydrogen-bond acceptors (Lipinski definition) is 1. The van der Waals surface area contributed by atoms with Gasteiger partial charge in [-0.25, -0.2) is 0 Å². The maximum absolute atomic E-state index is 10.5. The first-order valence-corrected chi connectivity index (χ1v) is 9.58. The third kappa shape index (κ3) is 20.7. The molecule has 0 unspecified atom stereocenters. The lowest BCUT2D eigenvalue weighted by molar-refractivity contribution is -0.111. The molecule has 0 heterocycles. The van der Waals surface area contributed by atoms with Gasteiger partial charge in [0.25, 0.3) is 0 Å². The summed E-state index contributed by atoms with van der Waals surface area (Å²) in [6.07, 6.45) is 32.0. The standard InChI is InChI=1S/C22H33ClO/c1-2-3-4-5-6-7-8-9-10-11-12-13-14-15-16-17-18-19-20-21-22(23)24/h6-7,9-10,12-13,15-16,18-19H,2-5,8,11,14,17,20-21H2,1H3/b7-6-,10-9-,13-12-,16-15-,19-18-. The van der Waals surface area contributed by atoms with Gasteiger partial charge in [0.1, 0.15) is 0 Å². The van der Waals surface area contributed by atoms with Crippen molar-refractivity contribution in [2.45, 2.75) is 71.1 Å². The average molecular weight is 349 g/mol. The van der Waals surface area contributed by atoms with Crippen LogP contribution < -0.4 is 0 Å². The molecule has 0 atom stereocenters.